The third kappa shape index (κ3) is 5.80. The van der Waals surface area contributed by atoms with E-state index in [1.54, 1.807) is 62.4 Å². The Morgan fingerprint density at radius 3 is 2.41 bits per heavy atom. The normalized spacial score (nSPS) is 12.4. The highest BCUT2D eigenvalue weighted by Gasteiger charge is 2.42. The predicted octanol–water partition coefficient (Wildman–Crippen LogP) is 5.14. The zero-order chi connectivity index (χ0) is 26.6. The number of benzene rings is 2. The first-order valence-electron chi connectivity index (χ1n) is 11.7. The lowest BCUT2D eigenvalue weighted by molar-refractivity contribution is 0.0931. The number of amides is 1. The number of rotatable bonds is 10. The average molecular weight is 526 g/mol. The molecule has 0 aliphatic heterocycles. The first-order valence-corrected chi connectivity index (χ1v) is 13.3. The van der Waals surface area contributed by atoms with Gasteiger partial charge in [0.1, 0.15) is 11.4 Å². The smallest absolute Gasteiger partial charge is 0.362 e. The highest BCUT2D eigenvalue weighted by Crippen LogP contribution is 2.59. The maximum atomic E-state index is 13.7. The standard InChI is InChI=1S/C25H28N5O6P/c1-5-34-37(33,35-6-2)25(26-22(32)17-10-7-15(3)8-11-17)24-30-29-23(36-24)20-14-19(27-28-20)18-13-16(4)9-12-21(18)31/h7-14,25,31H,5-6H2,1-4H3,(H,26,32)(H,27,28)/t25-/m0/s1. The second-order valence-electron chi connectivity index (χ2n) is 8.25. The van der Waals surface area contributed by atoms with Crippen molar-refractivity contribution in [3.05, 3.63) is 71.1 Å². The second kappa shape index (κ2) is 11.1. The maximum absolute atomic E-state index is 13.7. The minimum atomic E-state index is -3.96. The Kier molecular flexibility index (Phi) is 7.87. The molecule has 0 aliphatic carbocycles. The Balaban J connectivity index is 1.68. The van der Waals surface area contributed by atoms with E-state index in [1.165, 1.54) is 0 Å². The lowest BCUT2D eigenvalue weighted by atomic mass is 10.1. The van der Waals surface area contributed by atoms with E-state index in [4.69, 9.17) is 13.5 Å². The van der Waals surface area contributed by atoms with Gasteiger partial charge in [-0.1, -0.05) is 29.3 Å². The Morgan fingerprint density at radius 1 is 1.05 bits per heavy atom. The van der Waals surface area contributed by atoms with Crippen molar-refractivity contribution < 1.29 is 27.9 Å². The zero-order valence-corrected chi connectivity index (χ0v) is 21.8. The molecule has 0 fully saturated rings. The van der Waals surface area contributed by atoms with Gasteiger partial charge in [0.05, 0.1) is 18.9 Å². The second-order valence-corrected chi connectivity index (χ2v) is 10.4. The van der Waals surface area contributed by atoms with Crippen molar-refractivity contribution in [2.24, 2.45) is 0 Å². The molecule has 37 heavy (non-hydrogen) atoms. The van der Waals surface area contributed by atoms with E-state index >= 15 is 0 Å². The van der Waals surface area contributed by atoms with E-state index in [-0.39, 0.29) is 30.7 Å². The van der Waals surface area contributed by atoms with E-state index in [0.29, 0.717) is 22.5 Å². The Bertz CT molecular complexity index is 1420. The molecule has 2 heterocycles. The number of phenols is 1. The van der Waals surface area contributed by atoms with Crippen LogP contribution < -0.4 is 5.32 Å². The maximum Gasteiger partial charge on any atom is 0.362 e. The van der Waals surface area contributed by atoms with Crippen molar-refractivity contribution in [3.63, 3.8) is 0 Å². The van der Waals surface area contributed by atoms with Crippen LogP contribution in [0.15, 0.2) is 52.9 Å². The highest BCUT2D eigenvalue weighted by molar-refractivity contribution is 7.54. The van der Waals surface area contributed by atoms with Crippen LogP contribution in [0.3, 0.4) is 0 Å². The molecule has 2 aromatic heterocycles. The number of aromatic nitrogens is 4. The van der Waals surface area contributed by atoms with Gasteiger partial charge in [-0.05, 0) is 58.0 Å². The highest BCUT2D eigenvalue weighted by atomic mass is 31.2. The summed E-state index contributed by atoms with van der Waals surface area (Å²) in [5.41, 5.74) is 3.65. The van der Waals surface area contributed by atoms with Gasteiger partial charge in [0.2, 0.25) is 5.78 Å². The van der Waals surface area contributed by atoms with E-state index in [0.717, 1.165) is 11.1 Å². The summed E-state index contributed by atoms with van der Waals surface area (Å²) in [5.74, 6) is -1.91. The first kappa shape index (κ1) is 26.3. The summed E-state index contributed by atoms with van der Waals surface area (Å²) < 4.78 is 30.5. The van der Waals surface area contributed by atoms with Gasteiger partial charge < -0.3 is 23.9 Å². The van der Waals surface area contributed by atoms with Crippen molar-refractivity contribution in [1.29, 1.82) is 0 Å². The van der Waals surface area contributed by atoms with Gasteiger partial charge in [-0.15, -0.1) is 10.2 Å². The molecule has 11 nitrogen and oxygen atoms in total. The SMILES string of the molecule is CCOP(=O)(OCC)[C@H](NC(=O)c1ccc(C)cc1)c1nnc(-c2cc(-c3cc(C)ccc3O)n[nH]2)o1. The summed E-state index contributed by atoms with van der Waals surface area (Å²) in [7, 11) is -3.96. The number of carbonyl (C=O) groups is 1. The monoisotopic (exact) mass is 525 g/mol. The molecular formula is C25H28N5O6P. The van der Waals surface area contributed by atoms with E-state index in [9.17, 15) is 14.5 Å². The van der Waals surface area contributed by atoms with Crippen molar-refractivity contribution in [3.8, 4) is 28.6 Å². The number of nitrogens with one attached hydrogen (secondary N) is 2. The van der Waals surface area contributed by atoms with Gasteiger partial charge in [-0.3, -0.25) is 14.5 Å². The van der Waals surface area contributed by atoms with Gasteiger partial charge in [0.15, 0.2) is 0 Å². The molecule has 2 aromatic carbocycles. The zero-order valence-electron chi connectivity index (χ0n) is 20.9. The number of aromatic amines is 1. The lowest BCUT2D eigenvalue weighted by Gasteiger charge is -2.24. The molecule has 0 saturated heterocycles. The third-order valence-corrected chi connectivity index (χ3v) is 7.65. The van der Waals surface area contributed by atoms with Crippen LogP contribution in [-0.4, -0.2) is 44.6 Å². The Labute approximate surface area is 213 Å². The number of aryl methyl sites for hydroxylation is 2. The molecule has 1 atom stereocenters. The number of phenolic OH excluding ortho intramolecular Hbond substituents is 1. The van der Waals surface area contributed by atoms with Crippen LogP contribution in [0, 0.1) is 13.8 Å². The number of carbonyl (C=O) groups excluding carboxylic acids is 1. The molecule has 4 rings (SSSR count). The van der Waals surface area contributed by atoms with Gasteiger partial charge >= 0.3 is 7.60 Å². The summed E-state index contributed by atoms with van der Waals surface area (Å²) in [4.78, 5) is 13.0. The fraction of sp³-hybridized carbons (Fsp3) is 0.280. The van der Waals surface area contributed by atoms with Crippen LogP contribution in [0.4, 0.5) is 0 Å². The van der Waals surface area contributed by atoms with Crippen molar-refractivity contribution in [1.82, 2.24) is 25.7 Å². The molecule has 0 unspecified atom stereocenters. The van der Waals surface area contributed by atoms with E-state index in [1.807, 2.05) is 13.8 Å². The summed E-state index contributed by atoms with van der Waals surface area (Å²) in [6, 6.07) is 13.7. The van der Waals surface area contributed by atoms with Crippen LogP contribution in [0.2, 0.25) is 0 Å². The number of hydrogen-bond donors (Lipinski definition) is 3. The largest absolute Gasteiger partial charge is 0.507 e. The Morgan fingerprint density at radius 2 is 1.73 bits per heavy atom. The van der Waals surface area contributed by atoms with E-state index in [2.05, 4.69) is 25.7 Å². The molecule has 12 heteroatoms. The molecule has 3 N–H and O–H groups in total. The van der Waals surface area contributed by atoms with Crippen LogP contribution in [0.1, 0.15) is 47.0 Å². The van der Waals surface area contributed by atoms with Crippen LogP contribution >= 0.6 is 7.60 Å². The molecule has 4 aromatic rings. The van der Waals surface area contributed by atoms with Crippen LogP contribution in [-0.2, 0) is 13.6 Å². The fourth-order valence-corrected chi connectivity index (χ4v) is 5.36. The Hall–Kier alpha value is -3.79. The molecule has 0 bridgehead atoms. The van der Waals surface area contributed by atoms with Gasteiger partial charge in [0.25, 0.3) is 17.7 Å². The third-order valence-electron chi connectivity index (χ3n) is 5.43. The molecule has 1 amide bonds. The fourth-order valence-electron chi connectivity index (χ4n) is 3.61. The number of H-pyrrole nitrogens is 1. The van der Waals surface area contributed by atoms with Crippen molar-refractivity contribution in [2.75, 3.05) is 13.2 Å². The number of hydrogen-bond acceptors (Lipinski definition) is 9. The van der Waals surface area contributed by atoms with Gasteiger partial charge in [-0.25, -0.2) is 0 Å². The first-order chi connectivity index (χ1) is 17.7. The molecule has 0 saturated carbocycles. The minimum absolute atomic E-state index is 0.0371. The van der Waals surface area contributed by atoms with Crippen molar-refractivity contribution >= 4 is 13.5 Å². The molecule has 0 spiro atoms. The molecular weight excluding hydrogens is 497 g/mol. The molecule has 194 valence electrons. The summed E-state index contributed by atoms with van der Waals surface area (Å²) in [5, 5.41) is 28.0. The average Bonchev–Trinajstić information content (AvgIpc) is 3.54. The van der Waals surface area contributed by atoms with Gasteiger partial charge in [0, 0.05) is 11.1 Å². The quantitative estimate of drug-likeness (QED) is 0.239. The number of nitrogens with zero attached hydrogens (tertiary/aromatic N) is 3. The number of aromatic hydroxyl groups is 1. The van der Waals surface area contributed by atoms with E-state index < -0.39 is 19.3 Å². The van der Waals surface area contributed by atoms with Crippen molar-refractivity contribution in [2.45, 2.75) is 33.5 Å². The molecule has 0 radical (unpaired) electrons. The summed E-state index contributed by atoms with van der Waals surface area (Å²) in [6.07, 6.45) is 0. The lowest BCUT2D eigenvalue weighted by Crippen LogP contribution is -2.30. The van der Waals surface area contributed by atoms with Gasteiger partial charge in [-0.2, -0.15) is 5.10 Å². The molecule has 0 aliphatic rings. The predicted molar refractivity (Wildman–Crippen MR) is 136 cm³/mol. The topological polar surface area (TPSA) is 152 Å². The van der Waals surface area contributed by atoms with Crippen LogP contribution in [0.5, 0.6) is 5.75 Å². The minimum Gasteiger partial charge on any atom is -0.507 e. The summed E-state index contributed by atoms with van der Waals surface area (Å²) in [6.45, 7) is 7.27. The summed E-state index contributed by atoms with van der Waals surface area (Å²) >= 11 is 0. The van der Waals surface area contributed by atoms with Crippen LogP contribution in [0.25, 0.3) is 22.8 Å².